The Morgan fingerprint density at radius 3 is 2.78 bits per heavy atom. The molecule has 2 heterocycles. The number of anilines is 1. The Hall–Kier alpha value is -3.74. The van der Waals surface area contributed by atoms with Crippen molar-refractivity contribution in [3.05, 3.63) is 72.3 Å². The Morgan fingerprint density at radius 1 is 1.00 bits per heavy atom. The van der Waals surface area contributed by atoms with Crippen LogP contribution in [0.25, 0.3) is 22.2 Å². The molecule has 3 aromatic carbocycles. The van der Waals surface area contributed by atoms with Crippen LogP contribution in [0.3, 0.4) is 0 Å². The van der Waals surface area contributed by atoms with Crippen LogP contribution in [0.2, 0.25) is 0 Å². The number of amides is 1. The van der Waals surface area contributed by atoms with Crippen LogP contribution in [0.5, 0.6) is 5.75 Å². The van der Waals surface area contributed by atoms with E-state index >= 15 is 0 Å². The minimum atomic E-state index is -0.394. The van der Waals surface area contributed by atoms with Crippen molar-refractivity contribution in [1.82, 2.24) is 14.8 Å². The van der Waals surface area contributed by atoms with E-state index < -0.39 is 5.82 Å². The number of nitrogens with one attached hydrogen (secondary N) is 1. The molecule has 0 fully saturated rings. The van der Waals surface area contributed by atoms with Crippen LogP contribution in [0.4, 0.5) is 10.1 Å². The summed E-state index contributed by atoms with van der Waals surface area (Å²) in [5, 5.41) is 13.4. The standard InChI is InChI=1S/C25H23FN4O2/c26-22-12-10-19(15-21(22)25-29-28-23-8-2-1-5-13-30(23)25)27-24(31)16-32-20-11-9-17-6-3-4-7-18(17)14-20/h3-4,6-7,9-12,14-15H,1-2,5,8,13,16H2,(H,27,31). The maximum Gasteiger partial charge on any atom is 0.262 e. The van der Waals surface area contributed by atoms with Gasteiger partial charge in [-0.1, -0.05) is 36.8 Å². The normalized spacial score (nSPS) is 13.4. The summed E-state index contributed by atoms with van der Waals surface area (Å²) in [6, 6.07) is 18.1. The number of carbonyl (C=O) groups excluding carboxylic acids is 1. The molecule has 0 saturated carbocycles. The van der Waals surface area contributed by atoms with E-state index in [0.717, 1.165) is 48.8 Å². The topological polar surface area (TPSA) is 69.0 Å². The van der Waals surface area contributed by atoms with Crippen LogP contribution in [0.1, 0.15) is 25.1 Å². The maximum absolute atomic E-state index is 14.6. The van der Waals surface area contributed by atoms with Gasteiger partial charge in [-0.05, 0) is 53.9 Å². The minimum Gasteiger partial charge on any atom is -0.484 e. The van der Waals surface area contributed by atoms with Gasteiger partial charge in [-0.25, -0.2) is 4.39 Å². The number of aryl methyl sites for hydroxylation is 1. The van der Waals surface area contributed by atoms with Gasteiger partial charge in [-0.3, -0.25) is 4.79 Å². The second-order valence-electron chi connectivity index (χ2n) is 7.94. The molecule has 0 radical (unpaired) electrons. The molecule has 6 nitrogen and oxygen atoms in total. The zero-order valence-corrected chi connectivity index (χ0v) is 17.6. The van der Waals surface area contributed by atoms with Crippen LogP contribution in [-0.2, 0) is 17.8 Å². The number of benzene rings is 3. The Morgan fingerprint density at radius 2 is 1.88 bits per heavy atom. The fraction of sp³-hybridized carbons (Fsp3) is 0.240. The molecule has 4 aromatic rings. The van der Waals surface area contributed by atoms with E-state index in [4.69, 9.17) is 4.74 Å². The average Bonchev–Trinajstić information content (AvgIpc) is 3.06. The van der Waals surface area contributed by atoms with Gasteiger partial charge in [0, 0.05) is 18.7 Å². The number of carbonyl (C=O) groups is 1. The molecular weight excluding hydrogens is 407 g/mol. The zero-order chi connectivity index (χ0) is 21.9. The van der Waals surface area contributed by atoms with Crippen molar-refractivity contribution in [1.29, 1.82) is 0 Å². The number of hydrogen-bond donors (Lipinski definition) is 1. The summed E-state index contributed by atoms with van der Waals surface area (Å²) in [6.45, 7) is 0.624. The van der Waals surface area contributed by atoms with E-state index in [-0.39, 0.29) is 12.5 Å². The summed E-state index contributed by atoms with van der Waals surface area (Å²) in [5.74, 6) is 1.29. The first-order valence-electron chi connectivity index (χ1n) is 10.8. The van der Waals surface area contributed by atoms with Crippen LogP contribution in [0, 0.1) is 5.82 Å². The second-order valence-corrected chi connectivity index (χ2v) is 7.94. The number of halogens is 1. The fourth-order valence-electron chi connectivity index (χ4n) is 4.06. The molecular formula is C25H23FN4O2. The highest BCUT2D eigenvalue weighted by molar-refractivity contribution is 5.92. The average molecular weight is 430 g/mol. The largest absolute Gasteiger partial charge is 0.484 e. The number of hydrogen-bond acceptors (Lipinski definition) is 4. The summed E-state index contributed by atoms with van der Waals surface area (Å²) in [5.41, 5.74) is 0.818. The summed E-state index contributed by atoms with van der Waals surface area (Å²) in [4.78, 5) is 12.4. The van der Waals surface area contributed by atoms with Crippen molar-refractivity contribution >= 4 is 22.4 Å². The number of aromatic nitrogens is 3. The third-order valence-corrected chi connectivity index (χ3v) is 5.69. The Labute approximate surface area is 185 Å². The first kappa shape index (κ1) is 20.2. The third kappa shape index (κ3) is 4.19. The molecule has 0 spiro atoms. The van der Waals surface area contributed by atoms with E-state index in [9.17, 15) is 9.18 Å². The lowest BCUT2D eigenvalue weighted by Gasteiger charge is -2.11. The lowest BCUT2D eigenvalue weighted by atomic mass is 10.1. The molecule has 0 aliphatic carbocycles. The van der Waals surface area contributed by atoms with Gasteiger partial charge in [0.25, 0.3) is 5.91 Å². The smallest absolute Gasteiger partial charge is 0.262 e. The lowest BCUT2D eigenvalue weighted by molar-refractivity contribution is -0.118. The molecule has 162 valence electrons. The van der Waals surface area contributed by atoms with Gasteiger partial charge in [0.15, 0.2) is 12.4 Å². The van der Waals surface area contributed by atoms with Crippen molar-refractivity contribution in [2.75, 3.05) is 11.9 Å². The Kier molecular flexibility index (Phi) is 5.54. The monoisotopic (exact) mass is 430 g/mol. The van der Waals surface area contributed by atoms with Crippen LogP contribution in [-0.4, -0.2) is 27.3 Å². The SMILES string of the molecule is O=C(COc1ccc2ccccc2c1)Nc1ccc(F)c(-c2nnc3n2CCCCC3)c1. The molecule has 1 aliphatic heterocycles. The van der Waals surface area contributed by atoms with Crippen molar-refractivity contribution in [2.45, 2.75) is 32.2 Å². The quantitative estimate of drug-likeness (QED) is 0.485. The second kappa shape index (κ2) is 8.78. The highest BCUT2D eigenvalue weighted by atomic mass is 19.1. The summed E-state index contributed by atoms with van der Waals surface area (Å²) >= 11 is 0. The third-order valence-electron chi connectivity index (χ3n) is 5.69. The van der Waals surface area contributed by atoms with Crippen LogP contribution >= 0.6 is 0 Å². The molecule has 1 amide bonds. The van der Waals surface area contributed by atoms with E-state index in [2.05, 4.69) is 15.5 Å². The molecule has 0 atom stereocenters. The van der Waals surface area contributed by atoms with Gasteiger partial charge in [0.1, 0.15) is 17.4 Å². The van der Waals surface area contributed by atoms with Crippen LogP contribution in [0.15, 0.2) is 60.7 Å². The molecule has 7 heteroatoms. The van der Waals surface area contributed by atoms with E-state index in [1.165, 1.54) is 12.1 Å². The van der Waals surface area contributed by atoms with Crippen molar-refractivity contribution in [2.24, 2.45) is 0 Å². The molecule has 1 aromatic heterocycles. The Bertz CT molecular complexity index is 1280. The summed E-state index contributed by atoms with van der Waals surface area (Å²) < 4.78 is 22.3. The van der Waals surface area contributed by atoms with E-state index in [0.29, 0.717) is 22.8 Å². The molecule has 32 heavy (non-hydrogen) atoms. The van der Waals surface area contributed by atoms with Crippen LogP contribution < -0.4 is 10.1 Å². The number of ether oxygens (including phenoxy) is 1. The van der Waals surface area contributed by atoms with E-state index in [1.54, 1.807) is 6.07 Å². The van der Waals surface area contributed by atoms with Gasteiger partial charge in [-0.15, -0.1) is 10.2 Å². The number of rotatable bonds is 5. The maximum atomic E-state index is 14.6. The highest BCUT2D eigenvalue weighted by Crippen LogP contribution is 2.27. The zero-order valence-electron chi connectivity index (χ0n) is 17.6. The van der Waals surface area contributed by atoms with Gasteiger partial charge >= 0.3 is 0 Å². The highest BCUT2D eigenvalue weighted by Gasteiger charge is 2.19. The molecule has 1 N–H and O–H groups in total. The predicted molar refractivity (Wildman–Crippen MR) is 121 cm³/mol. The molecule has 5 rings (SSSR count). The summed E-state index contributed by atoms with van der Waals surface area (Å²) in [7, 11) is 0. The molecule has 0 bridgehead atoms. The Balaban J connectivity index is 1.29. The van der Waals surface area contributed by atoms with Crippen molar-refractivity contribution < 1.29 is 13.9 Å². The lowest BCUT2D eigenvalue weighted by Crippen LogP contribution is -2.20. The molecule has 0 unspecified atom stereocenters. The first-order valence-corrected chi connectivity index (χ1v) is 10.8. The van der Waals surface area contributed by atoms with Gasteiger partial charge in [-0.2, -0.15) is 0 Å². The van der Waals surface area contributed by atoms with Gasteiger partial charge in [0.05, 0.1) is 5.56 Å². The predicted octanol–water partition coefficient (Wildman–Crippen LogP) is 4.98. The van der Waals surface area contributed by atoms with Crippen molar-refractivity contribution in [3.63, 3.8) is 0 Å². The van der Waals surface area contributed by atoms with Crippen molar-refractivity contribution in [3.8, 4) is 17.1 Å². The number of fused-ring (bicyclic) bond motifs is 2. The van der Waals surface area contributed by atoms with Gasteiger partial charge in [0.2, 0.25) is 0 Å². The summed E-state index contributed by atoms with van der Waals surface area (Å²) in [6.07, 6.45) is 4.05. The van der Waals surface area contributed by atoms with Gasteiger partial charge < -0.3 is 14.6 Å². The molecule has 1 aliphatic rings. The van der Waals surface area contributed by atoms with E-state index in [1.807, 2.05) is 47.0 Å². The number of nitrogens with zero attached hydrogens (tertiary/aromatic N) is 3. The minimum absolute atomic E-state index is 0.147. The fourth-order valence-corrected chi connectivity index (χ4v) is 4.06. The molecule has 0 saturated heterocycles. The first-order chi connectivity index (χ1) is 15.7.